The number of aromatic amines is 1. The lowest BCUT2D eigenvalue weighted by atomic mass is 10.1. The standard InChI is InChI=1S/C17H17NO3S/c1-11-6-8-14(9-7-11)22(20,21)17-12(2)18-15-5-3-4-13(10-19)16(15)17/h3-9,18-19H,10H2,1-2H3. The quantitative estimate of drug-likeness (QED) is 0.780. The first-order valence-corrected chi connectivity index (χ1v) is 8.46. The molecule has 0 aliphatic rings. The predicted molar refractivity (Wildman–Crippen MR) is 85.6 cm³/mol. The van der Waals surface area contributed by atoms with Gasteiger partial charge >= 0.3 is 0 Å². The number of fused-ring (bicyclic) bond motifs is 1. The van der Waals surface area contributed by atoms with Gasteiger partial charge in [-0.1, -0.05) is 29.8 Å². The van der Waals surface area contributed by atoms with E-state index in [2.05, 4.69) is 4.98 Å². The van der Waals surface area contributed by atoms with Crippen LogP contribution in [-0.4, -0.2) is 18.5 Å². The van der Waals surface area contributed by atoms with Gasteiger partial charge in [-0.25, -0.2) is 8.42 Å². The van der Waals surface area contributed by atoms with Gasteiger partial charge in [-0.15, -0.1) is 0 Å². The fraction of sp³-hybridized carbons (Fsp3) is 0.176. The van der Waals surface area contributed by atoms with Crippen molar-refractivity contribution in [3.8, 4) is 0 Å². The van der Waals surface area contributed by atoms with Crippen molar-refractivity contribution in [2.45, 2.75) is 30.2 Å². The van der Waals surface area contributed by atoms with Gasteiger partial charge in [0, 0.05) is 16.6 Å². The number of benzene rings is 2. The van der Waals surface area contributed by atoms with E-state index >= 15 is 0 Å². The van der Waals surface area contributed by atoms with E-state index in [0.717, 1.165) is 11.1 Å². The Morgan fingerprint density at radius 2 is 1.73 bits per heavy atom. The van der Waals surface area contributed by atoms with Crippen LogP contribution in [0.2, 0.25) is 0 Å². The lowest BCUT2D eigenvalue weighted by Gasteiger charge is -2.07. The van der Waals surface area contributed by atoms with Crippen molar-refractivity contribution in [1.29, 1.82) is 0 Å². The van der Waals surface area contributed by atoms with Crippen LogP contribution in [0.25, 0.3) is 10.9 Å². The second kappa shape index (κ2) is 5.26. The van der Waals surface area contributed by atoms with E-state index in [4.69, 9.17) is 0 Å². The molecule has 0 aliphatic heterocycles. The fourth-order valence-electron chi connectivity index (χ4n) is 2.72. The maximum atomic E-state index is 13.0. The number of nitrogens with one attached hydrogen (secondary N) is 1. The van der Waals surface area contributed by atoms with Gasteiger partial charge in [-0.2, -0.15) is 0 Å². The first-order valence-electron chi connectivity index (χ1n) is 6.98. The van der Waals surface area contributed by atoms with Crippen molar-refractivity contribution in [3.63, 3.8) is 0 Å². The van der Waals surface area contributed by atoms with Gasteiger partial charge in [0.15, 0.2) is 0 Å². The molecule has 0 saturated carbocycles. The molecule has 0 unspecified atom stereocenters. The fourth-order valence-corrected chi connectivity index (χ4v) is 4.42. The molecule has 0 radical (unpaired) electrons. The summed E-state index contributed by atoms with van der Waals surface area (Å²) in [5.41, 5.74) is 2.91. The van der Waals surface area contributed by atoms with Crippen LogP contribution in [0.5, 0.6) is 0 Å². The van der Waals surface area contributed by atoms with E-state index < -0.39 is 9.84 Å². The first-order chi connectivity index (χ1) is 10.4. The normalized spacial score (nSPS) is 12.0. The number of aliphatic hydroxyl groups excluding tert-OH is 1. The summed E-state index contributed by atoms with van der Waals surface area (Å²) in [5, 5.41) is 10.1. The van der Waals surface area contributed by atoms with Crippen molar-refractivity contribution in [3.05, 3.63) is 59.3 Å². The third-order valence-electron chi connectivity index (χ3n) is 3.81. The Morgan fingerprint density at radius 1 is 1.05 bits per heavy atom. The van der Waals surface area contributed by atoms with Crippen LogP contribution in [0, 0.1) is 13.8 Å². The smallest absolute Gasteiger partial charge is 0.208 e. The Kier molecular flexibility index (Phi) is 3.54. The lowest BCUT2D eigenvalue weighted by molar-refractivity contribution is 0.283. The second-order valence-corrected chi connectivity index (χ2v) is 7.28. The topological polar surface area (TPSA) is 70.2 Å². The highest BCUT2D eigenvalue weighted by Gasteiger charge is 2.25. The van der Waals surface area contributed by atoms with Crippen LogP contribution in [0.15, 0.2) is 52.3 Å². The minimum atomic E-state index is -3.64. The molecule has 5 heteroatoms. The van der Waals surface area contributed by atoms with Gasteiger partial charge in [0.1, 0.15) is 4.90 Å². The Labute approximate surface area is 129 Å². The highest BCUT2D eigenvalue weighted by Crippen LogP contribution is 2.33. The largest absolute Gasteiger partial charge is 0.392 e. The number of aromatic nitrogens is 1. The summed E-state index contributed by atoms with van der Waals surface area (Å²) in [7, 11) is -3.64. The molecule has 3 rings (SSSR count). The van der Waals surface area contributed by atoms with E-state index in [-0.39, 0.29) is 16.4 Å². The number of hydrogen-bond donors (Lipinski definition) is 2. The molecule has 0 saturated heterocycles. The lowest BCUT2D eigenvalue weighted by Crippen LogP contribution is -2.04. The van der Waals surface area contributed by atoms with Crippen molar-refractivity contribution in [1.82, 2.24) is 4.98 Å². The molecule has 2 aromatic carbocycles. The van der Waals surface area contributed by atoms with Crippen molar-refractivity contribution in [2.24, 2.45) is 0 Å². The molecule has 3 aromatic rings. The molecule has 0 fully saturated rings. The van der Waals surface area contributed by atoms with Gasteiger partial charge in [0.25, 0.3) is 0 Å². The average molecular weight is 315 g/mol. The molecule has 1 aromatic heterocycles. The molecule has 1 heterocycles. The number of rotatable bonds is 3. The monoisotopic (exact) mass is 315 g/mol. The molecule has 0 aliphatic carbocycles. The van der Waals surface area contributed by atoms with Crippen molar-refractivity contribution >= 4 is 20.7 Å². The van der Waals surface area contributed by atoms with Crippen LogP contribution >= 0.6 is 0 Å². The summed E-state index contributed by atoms with van der Waals surface area (Å²) >= 11 is 0. The molecule has 2 N–H and O–H groups in total. The SMILES string of the molecule is Cc1ccc(S(=O)(=O)c2c(C)[nH]c3cccc(CO)c23)cc1. The van der Waals surface area contributed by atoms with Crippen LogP contribution < -0.4 is 0 Å². The molecule has 0 spiro atoms. The summed E-state index contributed by atoms with van der Waals surface area (Å²) in [6.45, 7) is 3.45. The van der Waals surface area contributed by atoms with E-state index in [1.807, 2.05) is 13.0 Å². The first kappa shape index (κ1) is 14.8. The zero-order valence-electron chi connectivity index (χ0n) is 12.4. The summed E-state index contributed by atoms with van der Waals surface area (Å²) in [5.74, 6) is 0. The van der Waals surface area contributed by atoms with E-state index in [0.29, 0.717) is 16.6 Å². The zero-order valence-corrected chi connectivity index (χ0v) is 13.2. The minimum Gasteiger partial charge on any atom is -0.392 e. The average Bonchev–Trinajstić information content (AvgIpc) is 2.84. The van der Waals surface area contributed by atoms with Gasteiger partial charge < -0.3 is 10.1 Å². The highest BCUT2D eigenvalue weighted by molar-refractivity contribution is 7.91. The van der Waals surface area contributed by atoms with Crippen LogP contribution in [-0.2, 0) is 16.4 Å². The maximum Gasteiger partial charge on any atom is 0.208 e. The van der Waals surface area contributed by atoms with E-state index in [1.54, 1.807) is 43.3 Å². The van der Waals surface area contributed by atoms with Crippen LogP contribution in [0.3, 0.4) is 0 Å². The van der Waals surface area contributed by atoms with Crippen LogP contribution in [0.1, 0.15) is 16.8 Å². The number of H-pyrrole nitrogens is 1. The second-order valence-electron chi connectivity index (χ2n) is 5.39. The van der Waals surface area contributed by atoms with Gasteiger partial charge in [0.05, 0.1) is 11.5 Å². The molecule has 114 valence electrons. The Bertz CT molecular complexity index is 938. The molecule has 0 atom stereocenters. The molecule has 22 heavy (non-hydrogen) atoms. The number of aryl methyl sites for hydroxylation is 2. The minimum absolute atomic E-state index is 0.203. The third kappa shape index (κ3) is 2.23. The highest BCUT2D eigenvalue weighted by atomic mass is 32.2. The molecule has 0 bridgehead atoms. The summed E-state index contributed by atoms with van der Waals surface area (Å²) in [4.78, 5) is 3.60. The van der Waals surface area contributed by atoms with Crippen molar-refractivity contribution < 1.29 is 13.5 Å². The Morgan fingerprint density at radius 3 is 2.36 bits per heavy atom. The van der Waals surface area contributed by atoms with E-state index in [1.165, 1.54) is 0 Å². The number of aliphatic hydroxyl groups is 1. The molecule has 0 amide bonds. The summed E-state index contributed by atoms with van der Waals surface area (Å²) in [6, 6.07) is 12.1. The van der Waals surface area contributed by atoms with Crippen molar-refractivity contribution in [2.75, 3.05) is 0 Å². The van der Waals surface area contributed by atoms with E-state index in [9.17, 15) is 13.5 Å². The molecule has 4 nitrogen and oxygen atoms in total. The number of sulfone groups is 1. The molecular formula is C17H17NO3S. The summed E-state index contributed by atoms with van der Waals surface area (Å²) in [6.07, 6.45) is 0. The van der Waals surface area contributed by atoms with Gasteiger partial charge in [-0.05, 0) is 37.6 Å². The predicted octanol–water partition coefficient (Wildman–Crippen LogP) is 3.11. The zero-order chi connectivity index (χ0) is 15.9. The van der Waals surface area contributed by atoms with Gasteiger partial charge in [-0.3, -0.25) is 0 Å². The third-order valence-corrected chi connectivity index (χ3v) is 5.75. The Hall–Kier alpha value is -2.11. The maximum absolute atomic E-state index is 13.0. The molecular weight excluding hydrogens is 298 g/mol. The summed E-state index contributed by atoms with van der Waals surface area (Å²) < 4.78 is 26.0. The number of hydrogen-bond acceptors (Lipinski definition) is 3. The van der Waals surface area contributed by atoms with Gasteiger partial charge in [0.2, 0.25) is 9.84 Å². The van der Waals surface area contributed by atoms with Crippen LogP contribution in [0.4, 0.5) is 0 Å². The Balaban J connectivity index is 2.34.